The number of hydrogen-bond donors (Lipinski definition) is 1. The minimum atomic E-state index is -0.236. The molecular weight excluding hydrogens is 128 g/mol. The van der Waals surface area contributed by atoms with Gasteiger partial charge in [0.1, 0.15) is 0 Å². The topological polar surface area (TPSA) is 29.5 Å². The van der Waals surface area contributed by atoms with E-state index in [1.165, 1.54) is 6.42 Å². The minimum absolute atomic E-state index is 0.124. The smallest absolute Gasteiger partial charge is 0.0833 e. The van der Waals surface area contributed by atoms with E-state index in [2.05, 4.69) is 0 Å². The van der Waals surface area contributed by atoms with Gasteiger partial charge < -0.3 is 9.84 Å². The van der Waals surface area contributed by atoms with Crippen LogP contribution in [0.15, 0.2) is 0 Å². The highest BCUT2D eigenvalue weighted by atomic mass is 16.5. The zero-order chi connectivity index (χ0) is 7.40. The van der Waals surface area contributed by atoms with E-state index >= 15 is 0 Å². The van der Waals surface area contributed by atoms with E-state index in [0.717, 1.165) is 25.9 Å². The van der Waals surface area contributed by atoms with Crippen LogP contribution in [0, 0.1) is 0 Å². The van der Waals surface area contributed by atoms with Crippen LogP contribution >= 0.6 is 0 Å². The second-order valence-electron chi connectivity index (χ2n) is 2.88. The molecule has 10 heavy (non-hydrogen) atoms. The van der Waals surface area contributed by atoms with Crippen molar-refractivity contribution in [1.29, 1.82) is 0 Å². The second kappa shape index (κ2) is 3.94. The summed E-state index contributed by atoms with van der Waals surface area (Å²) in [6, 6.07) is 0. The summed E-state index contributed by atoms with van der Waals surface area (Å²) in [7, 11) is 0. The van der Waals surface area contributed by atoms with Crippen LogP contribution in [0.2, 0.25) is 0 Å². The molecule has 2 heteroatoms. The summed E-state index contributed by atoms with van der Waals surface area (Å²) in [5, 5.41) is 9.36. The highest BCUT2D eigenvalue weighted by Crippen LogP contribution is 2.16. The first kappa shape index (κ1) is 8.02. The van der Waals surface area contributed by atoms with E-state index in [0.29, 0.717) is 0 Å². The van der Waals surface area contributed by atoms with E-state index in [9.17, 15) is 5.11 Å². The van der Waals surface area contributed by atoms with Crippen molar-refractivity contribution in [3.05, 3.63) is 0 Å². The van der Waals surface area contributed by atoms with Crippen LogP contribution < -0.4 is 0 Å². The van der Waals surface area contributed by atoms with Gasteiger partial charge in [-0.3, -0.25) is 0 Å². The molecule has 0 bridgehead atoms. The van der Waals surface area contributed by atoms with Crippen LogP contribution in [0.1, 0.15) is 32.6 Å². The molecule has 2 nitrogen and oxygen atoms in total. The Bertz CT molecular complexity index is 87.3. The van der Waals surface area contributed by atoms with Crippen molar-refractivity contribution in [3.63, 3.8) is 0 Å². The average molecular weight is 144 g/mol. The molecule has 0 spiro atoms. The fraction of sp³-hybridized carbons (Fsp3) is 1.00. The Morgan fingerprint density at radius 3 is 2.90 bits per heavy atom. The summed E-state index contributed by atoms with van der Waals surface area (Å²) in [6.07, 6.45) is 4.10. The highest BCUT2D eigenvalue weighted by molar-refractivity contribution is 4.70. The second-order valence-corrected chi connectivity index (χ2v) is 2.88. The Morgan fingerprint density at radius 1 is 1.60 bits per heavy atom. The Hall–Kier alpha value is -0.0800. The molecule has 1 aliphatic rings. The SMILES string of the molecule is CC[C@@H](O)[C@@H]1CCCCO1. The molecule has 0 amide bonds. The molecule has 1 N–H and O–H groups in total. The van der Waals surface area contributed by atoms with Gasteiger partial charge in [0.15, 0.2) is 0 Å². The number of ether oxygens (including phenoxy) is 1. The minimum Gasteiger partial charge on any atom is -0.390 e. The maximum atomic E-state index is 9.36. The largest absolute Gasteiger partial charge is 0.390 e. The molecule has 1 rings (SSSR count). The lowest BCUT2D eigenvalue weighted by molar-refractivity contribution is -0.0625. The van der Waals surface area contributed by atoms with Gasteiger partial charge in [-0.25, -0.2) is 0 Å². The molecule has 1 saturated heterocycles. The molecule has 1 heterocycles. The maximum Gasteiger partial charge on any atom is 0.0833 e. The Labute approximate surface area is 62.2 Å². The van der Waals surface area contributed by atoms with Crippen LogP contribution in [0.5, 0.6) is 0 Å². The van der Waals surface area contributed by atoms with Crippen LogP contribution in [-0.4, -0.2) is 23.9 Å². The molecule has 0 radical (unpaired) electrons. The fourth-order valence-corrected chi connectivity index (χ4v) is 1.33. The summed E-state index contributed by atoms with van der Waals surface area (Å²) in [6.45, 7) is 2.82. The van der Waals surface area contributed by atoms with Crippen molar-refractivity contribution in [1.82, 2.24) is 0 Å². The van der Waals surface area contributed by atoms with Gasteiger partial charge >= 0.3 is 0 Å². The molecule has 0 aromatic heterocycles. The standard InChI is InChI=1S/C8H16O2/c1-2-7(9)8-5-3-4-6-10-8/h7-9H,2-6H2,1H3/t7-,8+/m1/s1. The van der Waals surface area contributed by atoms with Crippen molar-refractivity contribution < 1.29 is 9.84 Å². The lowest BCUT2D eigenvalue weighted by Crippen LogP contribution is -2.31. The Balaban J connectivity index is 2.24. The Kier molecular flexibility index (Phi) is 3.16. The van der Waals surface area contributed by atoms with E-state index < -0.39 is 0 Å². The lowest BCUT2D eigenvalue weighted by Gasteiger charge is -2.26. The molecule has 0 unspecified atom stereocenters. The fourth-order valence-electron chi connectivity index (χ4n) is 1.33. The van der Waals surface area contributed by atoms with Gasteiger partial charge in [0, 0.05) is 6.61 Å². The van der Waals surface area contributed by atoms with Gasteiger partial charge in [-0.15, -0.1) is 0 Å². The third-order valence-electron chi connectivity index (χ3n) is 2.06. The van der Waals surface area contributed by atoms with Gasteiger partial charge in [0.25, 0.3) is 0 Å². The van der Waals surface area contributed by atoms with Crippen LogP contribution in [0.4, 0.5) is 0 Å². The predicted octanol–water partition coefficient (Wildman–Crippen LogP) is 1.33. The average Bonchev–Trinajstić information content (AvgIpc) is 2.05. The summed E-state index contributed by atoms with van der Waals surface area (Å²) >= 11 is 0. The van der Waals surface area contributed by atoms with E-state index in [1.807, 2.05) is 6.92 Å². The number of aliphatic hydroxyl groups excluding tert-OH is 1. The monoisotopic (exact) mass is 144 g/mol. The van der Waals surface area contributed by atoms with Crippen molar-refractivity contribution in [2.45, 2.75) is 44.8 Å². The normalized spacial score (nSPS) is 30.0. The van der Waals surface area contributed by atoms with Crippen molar-refractivity contribution in [2.75, 3.05) is 6.61 Å². The zero-order valence-electron chi connectivity index (χ0n) is 6.55. The number of rotatable bonds is 2. The summed E-state index contributed by atoms with van der Waals surface area (Å²) in [4.78, 5) is 0. The molecule has 0 saturated carbocycles. The quantitative estimate of drug-likeness (QED) is 0.633. The van der Waals surface area contributed by atoms with Gasteiger partial charge in [-0.1, -0.05) is 6.92 Å². The van der Waals surface area contributed by atoms with E-state index in [-0.39, 0.29) is 12.2 Å². The molecule has 1 aliphatic heterocycles. The number of hydrogen-bond acceptors (Lipinski definition) is 2. The van der Waals surface area contributed by atoms with Gasteiger partial charge in [-0.05, 0) is 25.7 Å². The Morgan fingerprint density at radius 2 is 2.40 bits per heavy atom. The molecule has 60 valence electrons. The van der Waals surface area contributed by atoms with Crippen molar-refractivity contribution in [2.24, 2.45) is 0 Å². The highest BCUT2D eigenvalue weighted by Gasteiger charge is 2.20. The maximum absolute atomic E-state index is 9.36. The molecule has 0 aliphatic carbocycles. The van der Waals surface area contributed by atoms with Gasteiger partial charge in [0.05, 0.1) is 12.2 Å². The van der Waals surface area contributed by atoms with E-state index in [4.69, 9.17) is 4.74 Å². The third-order valence-corrected chi connectivity index (χ3v) is 2.06. The zero-order valence-corrected chi connectivity index (χ0v) is 6.55. The summed E-state index contributed by atoms with van der Waals surface area (Å²) in [5.74, 6) is 0. The van der Waals surface area contributed by atoms with Crippen molar-refractivity contribution >= 4 is 0 Å². The molecule has 0 aromatic rings. The molecule has 1 fully saturated rings. The van der Waals surface area contributed by atoms with Crippen LogP contribution in [0.25, 0.3) is 0 Å². The van der Waals surface area contributed by atoms with Gasteiger partial charge in [-0.2, -0.15) is 0 Å². The number of aliphatic hydroxyl groups is 1. The van der Waals surface area contributed by atoms with Crippen LogP contribution in [-0.2, 0) is 4.74 Å². The third kappa shape index (κ3) is 1.96. The van der Waals surface area contributed by atoms with E-state index in [1.54, 1.807) is 0 Å². The van der Waals surface area contributed by atoms with Gasteiger partial charge in [0.2, 0.25) is 0 Å². The summed E-state index contributed by atoms with van der Waals surface area (Å²) in [5.41, 5.74) is 0. The first-order valence-corrected chi connectivity index (χ1v) is 4.14. The van der Waals surface area contributed by atoms with Crippen molar-refractivity contribution in [3.8, 4) is 0 Å². The van der Waals surface area contributed by atoms with Crippen LogP contribution in [0.3, 0.4) is 0 Å². The summed E-state index contributed by atoms with van der Waals surface area (Å²) < 4.78 is 5.38. The molecule has 0 aromatic carbocycles. The first-order valence-electron chi connectivity index (χ1n) is 4.14. The molecular formula is C8H16O2. The first-order chi connectivity index (χ1) is 4.84. The lowest BCUT2D eigenvalue weighted by atomic mass is 10.0. The molecule has 2 atom stereocenters. The predicted molar refractivity (Wildman–Crippen MR) is 39.9 cm³/mol.